The Hall–Kier alpha value is -3.11. The predicted molar refractivity (Wildman–Crippen MR) is 96.3 cm³/mol. The van der Waals surface area contributed by atoms with Gasteiger partial charge in [-0.2, -0.15) is 5.26 Å². The topological polar surface area (TPSA) is 75.3 Å². The molecule has 0 unspecified atom stereocenters. The van der Waals surface area contributed by atoms with E-state index in [9.17, 15) is 9.18 Å². The van der Waals surface area contributed by atoms with Crippen molar-refractivity contribution in [1.29, 1.82) is 5.26 Å². The van der Waals surface area contributed by atoms with Gasteiger partial charge in [-0.05, 0) is 54.6 Å². The van der Waals surface area contributed by atoms with Gasteiger partial charge in [0.2, 0.25) is 0 Å². The SMILES string of the molecule is N#Cc1cc(NC(=O)c2ccc(COc3ccc(Br)cc3)o2)ccc1F. The first-order valence-corrected chi connectivity index (χ1v) is 8.32. The highest BCUT2D eigenvalue weighted by molar-refractivity contribution is 9.10. The van der Waals surface area contributed by atoms with E-state index in [1.165, 1.54) is 18.2 Å². The molecule has 0 aliphatic carbocycles. The van der Waals surface area contributed by atoms with Crippen LogP contribution in [0.2, 0.25) is 0 Å². The molecule has 1 N–H and O–H groups in total. The number of carbonyl (C=O) groups is 1. The normalized spacial score (nSPS) is 10.2. The van der Waals surface area contributed by atoms with Gasteiger partial charge in [-0.1, -0.05) is 15.9 Å². The van der Waals surface area contributed by atoms with Crippen molar-refractivity contribution in [3.63, 3.8) is 0 Å². The fourth-order valence-electron chi connectivity index (χ4n) is 2.14. The zero-order valence-electron chi connectivity index (χ0n) is 13.3. The Labute approximate surface area is 157 Å². The van der Waals surface area contributed by atoms with E-state index in [4.69, 9.17) is 14.4 Å². The molecule has 0 bridgehead atoms. The number of halogens is 2. The number of amides is 1. The zero-order chi connectivity index (χ0) is 18.5. The van der Waals surface area contributed by atoms with Crippen LogP contribution in [0.1, 0.15) is 21.9 Å². The number of hydrogen-bond donors (Lipinski definition) is 1. The van der Waals surface area contributed by atoms with Gasteiger partial charge < -0.3 is 14.5 Å². The zero-order valence-corrected chi connectivity index (χ0v) is 14.9. The molecule has 0 fully saturated rings. The van der Waals surface area contributed by atoms with E-state index < -0.39 is 11.7 Å². The molecule has 1 heterocycles. The lowest BCUT2D eigenvalue weighted by Gasteiger charge is -2.05. The number of carbonyl (C=O) groups excluding carboxylic acids is 1. The quantitative estimate of drug-likeness (QED) is 0.644. The van der Waals surface area contributed by atoms with Crippen LogP contribution in [-0.2, 0) is 6.61 Å². The second-order valence-corrected chi connectivity index (χ2v) is 6.18. The highest BCUT2D eigenvalue weighted by atomic mass is 79.9. The molecule has 1 amide bonds. The van der Waals surface area contributed by atoms with E-state index in [1.807, 2.05) is 24.3 Å². The number of nitrogens with one attached hydrogen (secondary N) is 1. The average Bonchev–Trinajstić information content (AvgIpc) is 3.12. The molecule has 0 aliphatic rings. The maximum absolute atomic E-state index is 13.3. The third kappa shape index (κ3) is 4.29. The number of nitriles is 1. The third-order valence-corrected chi connectivity index (χ3v) is 3.95. The fourth-order valence-corrected chi connectivity index (χ4v) is 2.41. The van der Waals surface area contributed by atoms with Crippen molar-refractivity contribution < 1.29 is 18.3 Å². The fraction of sp³-hybridized carbons (Fsp3) is 0.0526. The monoisotopic (exact) mass is 414 g/mol. The molecule has 2 aromatic carbocycles. The highest BCUT2D eigenvalue weighted by Crippen LogP contribution is 2.19. The molecule has 0 atom stereocenters. The minimum absolute atomic E-state index is 0.0854. The molecule has 0 saturated carbocycles. The number of hydrogen-bond acceptors (Lipinski definition) is 4. The van der Waals surface area contributed by atoms with Gasteiger partial charge in [-0.15, -0.1) is 0 Å². The summed E-state index contributed by atoms with van der Waals surface area (Å²) < 4.78 is 25.3. The van der Waals surface area contributed by atoms with Gasteiger partial charge >= 0.3 is 0 Å². The summed E-state index contributed by atoms with van der Waals surface area (Å²) in [6.45, 7) is 0.171. The Morgan fingerprint density at radius 3 is 2.69 bits per heavy atom. The highest BCUT2D eigenvalue weighted by Gasteiger charge is 2.13. The van der Waals surface area contributed by atoms with Crippen LogP contribution in [0, 0.1) is 17.1 Å². The maximum atomic E-state index is 13.3. The van der Waals surface area contributed by atoms with Crippen LogP contribution in [-0.4, -0.2) is 5.91 Å². The number of anilines is 1. The molecule has 5 nitrogen and oxygen atoms in total. The molecular formula is C19H12BrFN2O3. The number of nitrogens with zero attached hydrogens (tertiary/aromatic N) is 1. The van der Waals surface area contributed by atoms with Gasteiger partial charge in [0.15, 0.2) is 5.76 Å². The summed E-state index contributed by atoms with van der Waals surface area (Å²) in [5, 5.41) is 11.4. The second kappa shape index (κ2) is 7.85. The average molecular weight is 415 g/mol. The lowest BCUT2D eigenvalue weighted by Crippen LogP contribution is -2.11. The molecule has 1 aromatic heterocycles. The van der Waals surface area contributed by atoms with Crippen LogP contribution in [0.4, 0.5) is 10.1 Å². The summed E-state index contributed by atoms with van der Waals surface area (Å²) in [5.74, 6) is 0.0920. The lowest BCUT2D eigenvalue weighted by molar-refractivity contribution is 0.0992. The molecule has 0 aliphatic heterocycles. The number of rotatable bonds is 5. The number of ether oxygens (including phenoxy) is 1. The third-order valence-electron chi connectivity index (χ3n) is 3.42. The van der Waals surface area contributed by atoms with Crippen molar-refractivity contribution in [3.05, 3.63) is 82.0 Å². The molecule has 3 rings (SSSR count). The van der Waals surface area contributed by atoms with Crippen molar-refractivity contribution >= 4 is 27.5 Å². The van der Waals surface area contributed by atoms with Crippen LogP contribution in [0.25, 0.3) is 0 Å². The maximum Gasteiger partial charge on any atom is 0.291 e. The smallest absolute Gasteiger partial charge is 0.291 e. The van der Waals surface area contributed by atoms with Gasteiger partial charge in [0.05, 0.1) is 5.56 Å². The van der Waals surface area contributed by atoms with Crippen LogP contribution >= 0.6 is 15.9 Å². The van der Waals surface area contributed by atoms with Gasteiger partial charge in [0, 0.05) is 10.2 Å². The summed E-state index contributed by atoms with van der Waals surface area (Å²) in [7, 11) is 0. The van der Waals surface area contributed by atoms with Crippen LogP contribution in [0.3, 0.4) is 0 Å². The molecule has 0 radical (unpaired) electrons. The van der Waals surface area contributed by atoms with E-state index in [2.05, 4.69) is 21.2 Å². The Balaban J connectivity index is 1.62. The van der Waals surface area contributed by atoms with E-state index in [0.29, 0.717) is 17.2 Å². The van der Waals surface area contributed by atoms with Crippen LogP contribution in [0.5, 0.6) is 5.75 Å². The van der Waals surface area contributed by atoms with Crippen molar-refractivity contribution in [2.45, 2.75) is 6.61 Å². The van der Waals surface area contributed by atoms with Crippen LogP contribution in [0.15, 0.2) is 63.5 Å². The predicted octanol–water partition coefficient (Wildman–Crippen LogP) is 4.88. The largest absolute Gasteiger partial charge is 0.486 e. The molecule has 26 heavy (non-hydrogen) atoms. The Kier molecular flexibility index (Phi) is 5.34. The lowest BCUT2D eigenvalue weighted by atomic mass is 10.2. The van der Waals surface area contributed by atoms with Crippen molar-refractivity contribution in [3.8, 4) is 11.8 Å². The molecule has 0 spiro atoms. The Bertz CT molecular complexity index is 977. The molecule has 3 aromatic rings. The minimum atomic E-state index is -0.643. The minimum Gasteiger partial charge on any atom is -0.486 e. The van der Waals surface area contributed by atoms with Crippen molar-refractivity contribution in [1.82, 2.24) is 0 Å². The van der Waals surface area contributed by atoms with E-state index in [1.54, 1.807) is 12.1 Å². The van der Waals surface area contributed by atoms with E-state index in [-0.39, 0.29) is 17.9 Å². The van der Waals surface area contributed by atoms with Crippen molar-refractivity contribution in [2.75, 3.05) is 5.32 Å². The molecule has 0 saturated heterocycles. The molecule has 7 heteroatoms. The summed E-state index contributed by atoms with van der Waals surface area (Å²) in [5.41, 5.74) is 0.155. The Morgan fingerprint density at radius 1 is 1.19 bits per heavy atom. The van der Waals surface area contributed by atoms with Gasteiger partial charge in [0.25, 0.3) is 5.91 Å². The molecule has 130 valence electrons. The molecular weight excluding hydrogens is 403 g/mol. The van der Waals surface area contributed by atoms with Crippen molar-refractivity contribution in [2.24, 2.45) is 0 Å². The van der Waals surface area contributed by atoms with Gasteiger partial charge in [-0.3, -0.25) is 4.79 Å². The summed E-state index contributed by atoms with van der Waals surface area (Å²) in [6, 6.07) is 15.9. The number of furan rings is 1. The second-order valence-electron chi connectivity index (χ2n) is 5.27. The first kappa shape index (κ1) is 17.7. The van der Waals surface area contributed by atoms with Gasteiger partial charge in [0.1, 0.15) is 30.0 Å². The van der Waals surface area contributed by atoms with E-state index >= 15 is 0 Å². The summed E-state index contributed by atoms with van der Waals surface area (Å²) in [4.78, 5) is 12.2. The summed E-state index contributed by atoms with van der Waals surface area (Å²) >= 11 is 3.34. The number of benzene rings is 2. The van der Waals surface area contributed by atoms with E-state index in [0.717, 1.165) is 10.5 Å². The first-order chi connectivity index (χ1) is 12.5. The first-order valence-electron chi connectivity index (χ1n) is 7.53. The Morgan fingerprint density at radius 2 is 1.96 bits per heavy atom. The standard InChI is InChI=1S/C19H12BrFN2O3/c20-13-1-4-15(5-2-13)25-11-16-6-8-18(26-16)19(24)23-14-3-7-17(21)12(9-14)10-22/h1-9H,11H2,(H,23,24). The summed E-state index contributed by atoms with van der Waals surface area (Å²) in [6.07, 6.45) is 0. The van der Waals surface area contributed by atoms with Crippen LogP contribution < -0.4 is 10.1 Å². The van der Waals surface area contributed by atoms with Gasteiger partial charge in [-0.25, -0.2) is 4.39 Å².